The van der Waals surface area contributed by atoms with Crippen LogP contribution >= 0.6 is 12.4 Å². The van der Waals surface area contributed by atoms with Crippen molar-refractivity contribution >= 4 is 12.4 Å². The molecule has 1 unspecified atom stereocenters. The Balaban J connectivity index is 0.00000267. The van der Waals surface area contributed by atoms with Crippen molar-refractivity contribution in [1.29, 1.82) is 0 Å². The van der Waals surface area contributed by atoms with Gasteiger partial charge in [0.25, 0.3) is 0 Å². The Morgan fingerprint density at radius 1 is 1.03 bits per heavy atom. The van der Waals surface area contributed by atoms with Crippen molar-refractivity contribution in [3.63, 3.8) is 0 Å². The first-order valence-electron chi connectivity index (χ1n) is 13.9. The highest BCUT2D eigenvalue weighted by molar-refractivity contribution is 5.85. The number of phenols is 1. The van der Waals surface area contributed by atoms with Gasteiger partial charge in [-0.1, -0.05) is 31.5 Å². The summed E-state index contributed by atoms with van der Waals surface area (Å²) in [5.74, 6) is 2.95. The number of hydrogen-bond donors (Lipinski definition) is 1. The third kappa shape index (κ3) is 4.65. The zero-order chi connectivity index (χ0) is 24.0. The minimum Gasteiger partial charge on any atom is -0.508 e. The quantitative estimate of drug-likeness (QED) is 0.456. The lowest BCUT2D eigenvalue weighted by Gasteiger charge is -2.53. The van der Waals surface area contributed by atoms with E-state index in [1.54, 1.807) is 0 Å². The zero-order valence-electron chi connectivity index (χ0n) is 21.5. The lowest BCUT2D eigenvalue weighted by atomic mass is 9.51. The molecule has 3 fully saturated rings. The molecule has 4 aliphatic rings. The number of likely N-dealkylation sites (tertiary alicyclic amines) is 1. The van der Waals surface area contributed by atoms with Gasteiger partial charge in [-0.05, 0) is 123 Å². The Bertz CT molecular complexity index is 1040. The number of piperidine rings is 1. The van der Waals surface area contributed by atoms with Crippen LogP contribution in [0.25, 0.3) is 0 Å². The Kier molecular flexibility index (Phi) is 7.56. The first-order chi connectivity index (χ1) is 17.0. The molecule has 0 aromatic heterocycles. The molecule has 5 heteroatoms. The van der Waals surface area contributed by atoms with E-state index in [2.05, 4.69) is 42.2 Å². The first kappa shape index (κ1) is 25.9. The number of rotatable bonds is 5. The van der Waals surface area contributed by atoms with Crippen molar-refractivity contribution < 1.29 is 14.2 Å². The van der Waals surface area contributed by atoms with Gasteiger partial charge >= 0.3 is 0 Å². The van der Waals surface area contributed by atoms with E-state index in [1.807, 2.05) is 12.1 Å². The molecule has 0 amide bonds. The van der Waals surface area contributed by atoms with Gasteiger partial charge in [0.2, 0.25) is 0 Å². The number of hydrogen-bond acceptors (Lipinski definition) is 3. The first-order valence-corrected chi connectivity index (χ1v) is 13.9. The molecule has 196 valence electrons. The van der Waals surface area contributed by atoms with E-state index in [4.69, 9.17) is 4.74 Å². The smallest absolute Gasteiger partial charge is 0.119 e. The highest BCUT2D eigenvalue weighted by Gasteiger charge is 2.58. The van der Waals surface area contributed by atoms with Gasteiger partial charge in [-0.3, -0.25) is 4.90 Å². The molecule has 3 aliphatic carbocycles. The minimum atomic E-state index is -0.699. The van der Waals surface area contributed by atoms with Crippen LogP contribution in [-0.4, -0.2) is 42.4 Å². The Labute approximate surface area is 221 Å². The van der Waals surface area contributed by atoms with Crippen molar-refractivity contribution in [2.45, 2.75) is 76.3 Å². The number of halogens is 2. The predicted molar refractivity (Wildman–Crippen MR) is 145 cm³/mol. The van der Waals surface area contributed by atoms with Crippen LogP contribution in [0.4, 0.5) is 4.39 Å². The van der Waals surface area contributed by atoms with Crippen molar-refractivity contribution in [2.75, 3.05) is 26.2 Å². The Morgan fingerprint density at radius 2 is 1.81 bits per heavy atom. The van der Waals surface area contributed by atoms with Crippen LogP contribution in [0.1, 0.15) is 80.4 Å². The van der Waals surface area contributed by atoms with Crippen LogP contribution in [-0.2, 0) is 6.42 Å². The summed E-state index contributed by atoms with van der Waals surface area (Å²) in [7, 11) is 0. The lowest BCUT2D eigenvalue weighted by molar-refractivity contribution is 0.00138. The second kappa shape index (κ2) is 10.5. The molecule has 0 bridgehead atoms. The zero-order valence-corrected chi connectivity index (χ0v) is 22.3. The molecule has 1 N–H and O–H groups in total. The summed E-state index contributed by atoms with van der Waals surface area (Å²) in [6, 6.07) is 14.7. The minimum absolute atomic E-state index is 0. The van der Waals surface area contributed by atoms with E-state index in [9.17, 15) is 5.11 Å². The van der Waals surface area contributed by atoms with Crippen molar-refractivity contribution in [3.8, 4) is 11.5 Å². The molecule has 3 nitrogen and oxygen atoms in total. The summed E-state index contributed by atoms with van der Waals surface area (Å²) in [4.78, 5) is 2.50. The summed E-state index contributed by atoms with van der Waals surface area (Å²) in [5.41, 5.74) is 3.75. The average Bonchev–Trinajstić information content (AvgIpc) is 3.18. The number of ether oxygens (including phenoxy) is 1. The molecule has 2 saturated carbocycles. The van der Waals surface area contributed by atoms with Gasteiger partial charge in [-0.2, -0.15) is 0 Å². The van der Waals surface area contributed by atoms with E-state index in [0.29, 0.717) is 35.8 Å². The van der Waals surface area contributed by atoms with E-state index < -0.39 is 6.17 Å². The molecular formula is C31H41ClFNO2. The Hall–Kier alpha value is -1.78. The van der Waals surface area contributed by atoms with Crippen LogP contribution in [0.15, 0.2) is 42.5 Å². The van der Waals surface area contributed by atoms with Crippen LogP contribution < -0.4 is 4.74 Å². The second-order valence-electron chi connectivity index (χ2n) is 11.9. The topological polar surface area (TPSA) is 32.7 Å². The summed E-state index contributed by atoms with van der Waals surface area (Å²) in [5, 5.41) is 10.1. The maximum atomic E-state index is 15.3. The molecule has 6 rings (SSSR count). The van der Waals surface area contributed by atoms with E-state index in [-0.39, 0.29) is 17.8 Å². The van der Waals surface area contributed by atoms with Gasteiger partial charge in [-0.25, -0.2) is 4.39 Å². The number of alkyl halides is 1. The fourth-order valence-electron chi connectivity index (χ4n) is 8.25. The molecule has 2 aromatic carbocycles. The number of aromatic hydroxyl groups is 1. The molecule has 1 aliphatic heterocycles. The van der Waals surface area contributed by atoms with Gasteiger partial charge in [-0.15, -0.1) is 12.4 Å². The summed E-state index contributed by atoms with van der Waals surface area (Å²) < 4.78 is 21.4. The third-order valence-corrected chi connectivity index (χ3v) is 10.0. The molecule has 0 spiro atoms. The SMILES string of the molecule is C[C@]12C[C@H](c3ccc(OCCN4CCCCC4)cc3)[C@@H]3c4ccc(O)cc4CC[C@H]3[C@@H]1CCC2F.Cl. The third-order valence-electron chi connectivity index (χ3n) is 10.0. The van der Waals surface area contributed by atoms with Crippen molar-refractivity contribution in [2.24, 2.45) is 17.3 Å². The van der Waals surface area contributed by atoms with Crippen LogP contribution in [0, 0.1) is 17.3 Å². The van der Waals surface area contributed by atoms with Gasteiger partial charge in [0.15, 0.2) is 0 Å². The molecule has 1 saturated heterocycles. The summed E-state index contributed by atoms with van der Waals surface area (Å²) >= 11 is 0. The molecular weight excluding hydrogens is 473 g/mol. The van der Waals surface area contributed by atoms with Crippen molar-refractivity contribution in [3.05, 3.63) is 59.2 Å². The molecule has 36 heavy (non-hydrogen) atoms. The molecule has 1 heterocycles. The maximum absolute atomic E-state index is 15.3. The van der Waals surface area contributed by atoms with E-state index in [0.717, 1.165) is 44.6 Å². The number of phenolic OH excluding ortho intramolecular Hbond substituents is 1. The molecule has 6 atom stereocenters. The molecule has 0 radical (unpaired) electrons. The predicted octanol–water partition coefficient (Wildman–Crippen LogP) is 7.27. The van der Waals surface area contributed by atoms with Gasteiger partial charge in [0.1, 0.15) is 24.3 Å². The largest absolute Gasteiger partial charge is 0.508 e. The average molecular weight is 514 g/mol. The van der Waals surface area contributed by atoms with Gasteiger partial charge in [0, 0.05) is 12.0 Å². The number of benzene rings is 2. The lowest BCUT2D eigenvalue weighted by Crippen LogP contribution is -2.46. The van der Waals surface area contributed by atoms with Crippen molar-refractivity contribution in [1.82, 2.24) is 4.90 Å². The number of aryl methyl sites for hydroxylation is 1. The monoisotopic (exact) mass is 513 g/mol. The van der Waals surface area contributed by atoms with Gasteiger partial charge < -0.3 is 9.84 Å². The fraction of sp³-hybridized carbons (Fsp3) is 0.613. The molecule has 2 aromatic rings. The number of fused-ring (bicyclic) bond motifs is 5. The van der Waals surface area contributed by atoms with Crippen LogP contribution in [0.3, 0.4) is 0 Å². The van der Waals surface area contributed by atoms with Crippen LogP contribution in [0.5, 0.6) is 11.5 Å². The highest BCUT2D eigenvalue weighted by atomic mass is 35.5. The Morgan fingerprint density at radius 3 is 2.58 bits per heavy atom. The van der Waals surface area contributed by atoms with E-state index >= 15 is 4.39 Å². The van der Waals surface area contributed by atoms with Crippen LogP contribution in [0.2, 0.25) is 0 Å². The fourth-order valence-corrected chi connectivity index (χ4v) is 8.25. The summed E-state index contributed by atoms with van der Waals surface area (Å²) in [6.07, 6.45) is 7.99. The second-order valence-corrected chi connectivity index (χ2v) is 11.9. The normalized spacial score (nSPS) is 33.7. The maximum Gasteiger partial charge on any atom is 0.119 e. The summed E-state index contributed by atoms with van der Waals surface area (Å²) in [6.45, 7) is 6.34. The standard InChI is InChI=1S/C31H40FNO2.ClH/c1-31-20-27(21-5-9-24(10-6-21)35-18-17-33-15-3-2-4-16-33)30-25-12-8-23(34)19-22(25)7-11-26(30)28(31)13-14-29(31)32;/h5-6,8-10,12,19,26-30,34H,2-4,7,11,13-18,20H2,1H3;1H/t26-,27+,28-,29?,30+,31-;/m0./s1. The highest BCUT2D eigenvalue weighted by Crippen LogP contribution is 2.65. The van der Waals surface area contributed by atoms with Gasteiger partial charge in [0.05, 0.1) is 0 Å². The number of nitrogens with zero attached hydrogens (tertiary/aromatic N) is 1. The van der Waals surface area contributed by atoms with E-state index in [1.165, 1.54) is 49.0 Å².